The zero-order valence-electron chi connectivity index (χ0n) is 14.0. The van der Waals surface area contributed by atoms with E-state index in [9.17, 15) is 4.79 Å². The minimum absolute atomic E-state index is 0.171. The van der Waals surface area contributed by atoms with Crippen LogP contribution in [0.3, 0.4) is 0 Å². The number of rotatable bonds is 3. The van der Waals surface area contributed by atoms with Gasteiger partial charge in [-0.3, -0.25) is 14.5 Å². The topological polar surface area (TPSA) is 84.6 Å². The molecule has 0 aromatic carbocycles. The Balaban J connectivity index is 1.64. The van der Waals surface area contributed by atoms with Crippen LogP contribution in [0.15, 0.2) is 42.1 Å². The van der Waals surface area contributed by atoms with Crippen molar-refractivity contribution in [2.24, 2.45) is 0 Å². The Hall–Kier alpha value is -2.90. The van der Waals surface area contributed by atoms with Crippen molar-refractivity contribution < 1.29 is 0 Å². The summed E-state index contributed by atoms with van der Waals surface area (Å²) in [6.45, 7) is 1.99. The summed E-state index contributed by atoms with van der Waals surface area (Å²) in [6.07, 6.45) is 14.3. The van der Waals surface area contributed by atoms with Crippen molar-refractivity contribution in [1.29, 1.82) is 0 Å². The van der Waals surface area contributed by atoms with Crippen molar-refractivity contribution in [3.05, 3.63) is 47.7 Å². The highest BCUT2D eigenvalue weighted by molar-refractivity contribution is 5.44. The normalized spacial score (nSPS) is 15.8. The third-order valence-electron chi connectivity index (χ3n) is 4.58. The van der Waals surface area contributed by atoms with E-state index in [0.717, 1.165) is 18.9 Å². The Bertz CT molecular complexity index is 873. The molecule has 3 aromatic rings. The monoisotopic (exact) mass is 339 g/mol. The van der Waals surface area contributed by atoms with E-state index >= 15 is 0 Å². The second-order valence-corrected chi connectivity index (χ2v) is 6.26. The van der Waals surface area contributed by atoms with Crippen molar-refractivity contribution in [2.75, 3.05) is 18.0 Å². The molecule has 130 valence electrons. The zero-order chi connectivity index (χ0) is 17.1. The largest absolute Gasteiger partial charge is 0.356 e. The van der Waals surface area contributed by atoms with E-state index in [2.05, 4.69) is 25.0 Å². The van der Waals surface area contributed by atoms with Gasteiger partial charge in [-0.1, -0.05) is 19.3 Å². The molecule has 1 fully saturated rings. The van der Waals surface area contributed by atoms with Crippen molar-refractivity contribution in [2.45, 2.75) is 32.1 Å². The van der Waals surface area contributed by atoms with Crippen LogP contribution in [0.5, 0.6) is 0 Å². The van der Waals surface area contributed by atoms with Gasteiger partial charge in [0.25, 0.3) is 5.56 Å². The summed E-state index contributed by atoms with van der Waals surface area (Å²) >= 11 is 0. The number of H-pyrrole nitrogens is 1. The van der Waals surface area contributed by atoms with Gasteiger partial charge in [-0.2, -0.15) is 4.68 Å². The molecule has 1 aliphatic heterocycles. The van der Waals surface area contributed by atoms with Gasteiger partial charge < -0.3 is 4.90 Å². The number of hydrogen-bond acceptors (Lipinski definition) is 5. The first kappa shape index (κ1) is 15.6. The van der Waals surface area contributed by atoms with Crippen molar-refractivity contribution >= 4 is 5.82 Å². The number of anilines is 1. The van der Waals surface area contributed by atoms with Crippen LogP contribution in [0.4, 0.5) is 5.82 Å². The summed E-state index contributed by atoms with van der Waals surface area (Å²) in [5.74, 6) is 1.42. The van der Waals surface area contributed by atoms with Gasteiger partial charge in [0.05, 0.1) is 6.33 Å². The average Bonchev–Trinajstić information content (AvgIpc) is 3.24. The third-order valence-corrected chi connectivity index (χ3v) is 4.58. The van der Waals surface area contributed by atoms with Crippen molar-refractivity contribution in [1.82, 2.24) is 29.3 Å². The van der Waals surface area contributed by atoms with E-state index in [-0.39, 0.29) is 5.56 Å². The fraction of sp³-hybridized carbons (Fsp3) is 0.412. The van der Waals surface area contributed by atoms with Crippen LogP contribution in [0.2, 0.25) is 0 Å². The summed E-state index contributed by atoms with van der Waals surface area (Å²) in [6, 6.07) is 1.87. The van der Waals surface area contributed by atoms with E-state index in [1.165, 1.54) is 43.1 Å². The number of hydrogen-bond donors (Lipinski definition) is 1. The van der Waals surface area contributed by atoms with Crippen LogP contribution in [-0.4, -0.2) is 42.4 Å². The summed E-state index contributed by atoms with van der Waals surface area (Å²) in [5.41, 5.74) is 0.333. The van der Waals surface area contributed by atoms with Crippen LogP contribution >= 0.6 is 0 Å². The molecule has 1 saturated heterocycles. The van der Waals surface area contributed by atoms with Crippen LogP contribution in [0, 0.1) is 0 Å². The van der Waals surface area contributed by atoms with Gasteiger partial charge in [0.2, 0.25) is 0 Å². The molecule has 0 amide bonds. The highest BCUT2D eigenvalue weighted by atomic mass is 16.1. The number of aromatic nitrogens is 6. The SMILES string of the molecule is O=c1c(-n2ccnc2)c[nH]n1-c1cc(N2CCCCCCC2)ncn1. The molecule has 1 aliphatic rings. The van der Waals surface area contributed by atoms with E-state index in [1.54, 1.807) is 29.5 Å². The molecule has 4 rings (SSSR count). The predicted octanol–water partition coefficient (Wildman–Crippen LogP) is 1.91. The number of nitrogens with zero attached hydrogens (tertiary/aromatic N) is 6. The number of aromatic amines is 1. The first-order valence-electron chi connectivity index (χ1n) is 8.69. The van der Waals surface area contributed by atoms with Gasteiger partial charge in [0.1, 0.15) is 17.8 Å². The molecular weight excluding hydrogens is 318 g/mol. The van der Waals surface area contributed by atoms with E-state index in [4.69, 9.17) is 0 Å². The second kappa shape index (κ2) is 6.92. The minimum Gasteiger partial charge on any atom is -0.356 e. The third kappa shape index (κ3) is 3.19. The van der Waals surface area contributed by atoms with Crippen LogP contribution in [-0.2, 0) is 0 Å². The fourth-order valence-electron chi connectivity index (χ4n) is 3.23. The van der Waals surface area contributed by atoms with Gasteiger partial charge in [-0.15, -0.1) is 0 Å². The Morgan fingerprint density at radius 2 is 1.76 bits per heavy atom. The minimum atomic E-state index is -0.171. The highest BCUT2D eigenvalue weighted by Gasteiger charge is 2.14. The Morgan fingerprint density at radius 3 is 2.52 bits per heavy atom. The molecule has 0 bridgehead atoms. The summed E-state index contributed by atoms with van der Waals surface area (Å²) in [4.78, 5) is 27.6. The molecule has 1 N–H and O–H groups in total. The highest BCUT2D eigenvalue weighted by Crippen LogP contribution is 2.18. The Labute approximate surface area is 145 Å². The van der Waals surface area contributed by atoms with Gasteiger partial charge in [0.15, 0.2) is 5.82 Å². The smallest absolute Gasteiger partial charge is 0.296 e. The molecule has 0 spiro atoms. The van der Waals surface area contributed by atoms with E-state index in [0.29, 0.717) is 11.5 Å². The standard InChI is InChI=1S/C17H21N7O/c25-17-14(23-9-6-18-13-23)11-21-24(17)16-10-15(19-12-20-16)22-7-4-2-1-3-5-8-22/h6,9-13,21H,1-5,7-8H2. The molecule has 3 aromatic heterocycles. The predicted molar refractivity (Wildman–Crippen MR) is 94.4 cm³/mol. The summed E-state index contributed by atoms with van der Waals surface area (Å²) in [7, 11) is 0. The molecule has 0 saturated carbocycles. The molecule has 8 heteroatoms. The Kier molecular flexibility index (Phi) is 4.32. The van der Waals surface area contributed by atoms with Gasteiger partial charge in [0, 0.05) is 37.7 Å². The molecule has 0 unspecified atom stereocenters. The molecule has 4 heterocycles. The zero-order valence-corrected chi connectivity index (χ0v) is 14.0. The van der Waals surface area contributed by atoms with E-state index < -0.39 is 0 Å². The van der Waals surface area contributed by atoms with Crippen LogP contribution in [0.1, 0.15) is 32.1 Å². The van der Waals surface area contributed by atoms with Crippen LogP contribution in [0.25, 0.3) is 11.5 Å². The van der Waals surface area contributed by atoms with E-state index in [1.807, 2.05) is 6.07 Å². The molecular formula is C17H21N7O. The van der Waals surface area contributed by atoms with Gasteiger partial charge >= 0.3 is 0 Å². The molecule has 0 radical (unpaired) electrons. The number of imidazole rings is 1. The van der Waals surface area contributed by atoms with Crippen molar-refractivity contribution in [3.8, 4) is 11.5 Å². The average molecular weight is 339 g/mol. The maximum atomic E-state index is 12.7. The lowest BCUT2D eigenvalue weighted by molar-refractivity contribution is 0.553. The lowest BCUT2D eigenvalue weighted by atomic mass is 10.1. The molecule has 8 nitrogen and oxygen atoms in total. The van der Waals surface area contributed by atoms with Gasteiger partial charge in [-0.25, -0.2) is 15.0 Å². The molecule has 0 atom stereocenters. The maximum Gasteiger partial charge on any atom is 0.296 e. The van der Waals surface area contributed by atoms with Gasteiger partial charge in [-0.05, 0) is 12.8 Å². The lowest BCUT2D eigenvalue weighted by Crippen LogP contribution is -2.28. The first-order valence-corrected chi connectivity index (χ1v) is 8.69. The summed E-state index contributed by atoms with van der Waals surface area (Å²) in [5, 5.41) is 2.98. The maximum absolute atomic E-state index is 12.7. The molecule has 25 heavy (non-hydrogen) atoms. The lowest BCUT2D eigenvalue weighted by Gasteiger charge is -2.25. The first-order chi connectivity index (χ1) is 12.3. The van der Waals surface area contributed by atoms with Crippen LogP contribution < -0.4 is 10.5 Å². The number of nitrogens with one attached hydrogen (secondary N) is 1. The quantitative estimate of drug-likeness (QED) is 0.788. The summed E-state index contributed by atoms with van der Waals surface area (Å²) < 4.78 is 3.11. The van der Waals surface area contributed by atoms with Crippen molar-refractivity contribution in [3.63, 3.8) is 0 Å². The fourth-order valence-corrected chi connectivity index (χ4v) is 3.23. The molecule has 0 aliphatic carbocycles. The Morgan fingerprint density at radius 1 is 1.00 bits per heavy atom. The second-order valence-electron chi connectivity index (χ2n) is 6.26.